The molecular weight excluding hydrogens is 186 g/mol. The quantitative estimate of drug-likeness (QED) is 0.756. The van der Waals surface area contributed by atoms with E-state index in [2.05, 4.69) is 37.5 Å². The average molecular weight is 213 g/mol. The molecule has 90 valence electrons. The van der Waals surface area contributed by atoms with Crippen LogP contribution in [0, 0.1) is 5.92 Å². The fraction of sp³-hybridized carbons (Fsp3) is 1.00. The molecule has 0 aromatic heterocycles. The first kappa shape index (κ1) is 12.9. The van der Waals surface area contributed by atoms with Crippen LogP contribution in [0.2, 0.25) is 0 Å². The molecule has 2 N–H and O–H groups in total. The second-order valence-corrected chi connectivity index (χ2v) is 5.15. The molecule has 1 heterocycles. The first-order valence-electron chi connectivity index (χ1n) is 6.26. The van der Waals surface area contributed by atoms with Gasteiger partial charge in [-0.3, -0.25) is 9.80 Å². The molecule has 0 aromatic rings. The number of piperazine rings is 1. The van der Waals surface area contributed by atoms with Crippen molar-refractivity contribution in [3.63, 3.8) is 0 Å². The van der Waals surface area contributed by atoms with E-state index in [-0.39, 0.29) is 0 Å². The number of nitrogens with zero attached hydrogens (tertiary/aromatic N) is 2. The molecule has 0 aliphatic carbocycles. The van der Waals surface area contributed by atoms with E-state index in [1.54, 1.807) is 0 Å². The van der Waals surface area contributed by atoms with Crippen LogP contribution in [-0.2, 0) is 0 Å². The molecule has 0 radical (unpaired) electrons. The predicted octanol–water partition coefficient (Wildman–Crippen LogP) is 0.996. The second kappa shape index (κ2) is 5.83. The lowest BCUT2D eigenvalue weighted by molar-refractivity contribution is 0.0808. The van der Waals surface area contributed by atoms with Gasteiger partial charge in [-0.05, 0) is 19.4 Å². The Morgan fingerprint density at radius 3 is 2.47 bits per heavy atom. The zero-order valence-electron chi connectivity index (χ0n) is 10.7. The van der Waals surface area contributed by atoms with Gasteiger partial charge in [-0.2, -0.15) is 0 Å². The Balaban J connectivity index is 2.34. The zero-order chi connectivity index (χ0) is 11.4. The lowest BCUT2D eigenvalue weighted by Gasteiger charge is -2.40. The molecule has 3 heteroatoms. The maximum atomic E-state index is 6.10. The van der Waals surface area contributed by atoms with Gasteiger partial charge in [0.25, 0.3) is 0 Å². The van der Waals surface area contributed by atoms with Crippen molar-refractivity contribution in [3.05, 3.63) is 0 Å². The van der Waals surface area contributed by atoms with Gasteiger partial charge in [-0.1, -0.05) is 20.8 Å². The van der Waals surface area contributed by atoms with E-state index in [0.717, 1.165) is 6.54 Å². The number of hydrogen-bond donors (Lipinski definition) is 1. The molecule has 3 nitrogen and oxygen atoms in total. The number of nitrogens with two attached hydrogens (primary N) is 1. The van der Waals surface area contributed by atoms with E-state index >= 15 is 0 Å². The summed E-state index contributed by atoms with van der Waals surface area (Å²) in [5, 5.41) is 0. The summed E-state index contributed by atoms with van der Waals surface area (Å²) in [6, 6.07) is 1.01. The van der Waals surface area contributed by atoms with E-state index in [9.17, 15) is 0 Å². The standard InChI is InChI=1S/C12H27N3/c1-5-15-7-6-14(8-11(15)4)9-12(13)10(2)3/h10-12H,5-9,13H2,1-4H3. The van der Waals surface area contributed by atoms with E-state index < -0.39 is 0 Å². The Labute approximate surface area is 94.6 Å². The Bertz CT molecular complexity index is 182. The molecule has 2 atom stereocenters. The van der Waals surface area contributed by atoms with Gasteiger partial charge in [0.1, 0.15) is 0 Å². The van der Waals surface area contributed by atoms with Crippen molar-refractivity contribution in [1.29, 1.82) is 0 Å². The largest absolute Gasteiger partial charge is 0.326 e. The minimum Gasteiger partial charge on any atom is -0.326 e. The molecular formula is C12H27N3. The summed E-state index contributed by atoms with van der Waals surface area (Å²) in [5.41, 5.74) is 6.10. The minimum atomic E-state index is 0.324. The van der Waals surface area contributed by atoms with E-state index in [4.69, 9.17) is 5.73 Å². The SMILES string of the molecule is CCN1CCN(CC(N)C(C)C)CC1C. The Kier molecular flexibility index (Phi) is 5.03. The van der Waals surface area contributed by atoms with Crippen LogP contribution >= 0.6 is 0 Å². The van der Waals surface area contributed by atoms with Gasteiger partial charge in [-0.15, -0.1) is 0 Å². The van der Waals surface area contributed by atoms with Crippen LogP contribution in [0.5, 0.6) is 0 Å². The highest BCUT2D eigenvalue weighted by Gasteiger charge is 2.23. The number of likely N-dealkylation sites (N-methyl/N-ethyl adjacent to an activating group) is 1. The molecule has 0 amide bonds. The molecule has 0 aromatic carbocycles. The van der Waals surface area contributed by atoms with Gasteiger partial charge in [0.2, 0.25) is 0 Å². The summed E-state index contributed by atoms with van der Waals surface area (Å²) in [6.07, 6.45) is 0. The number of rotatable bonds is 4. The van der Waals surface area contributed by atoms with Crippen molar-refractivity contribution in [2.24, 2.45) is 11.7 Å². The lowest BCUT2D eigenvalue weighted by Crippen LogP contribution is -2.54. The van der Waals surface area contributed by atoms with Crippen molar-refractivity contribution in [1.82, 2.24) is 9.80 Å². The molecule has 1 aliphatic heterocycles. The third-order valence-electron chi connectivity index (χ3n) is 3.58. The van der Waals surface area contributed by atoms with Crippen molar-refractivity contribution in [2.75, 3.05) is 32.7 Å². The van der Waals surface area contributed by atoms with Crippen molar-refractivity contribution >= 4 is 0 Å². The van der Waals surface area contributed by atoms with Gasteiger partial charge in [-0.25, -0.2) is 0 Å². The Morgan fingerprint density at radius 2 is 2.00 bits per heavy atom. The van der Waals surface area contributed by atoms with Gasteiger partial charge in [0.05, 0.1) is 0 Å². The monoisotopic (exact) mass is 213 g/mol. The summed E-state index contributed by atoms with van der Waals surface area (Å²) in [6.45, 7) is 14.7. The molecule has 0 bridgehead atoms. The first-order chi connectivity index (χ1) is 7.04. The van der Waals surface area contributed by atoms with Gasteiger partial charge >= 0.3 is 0 Å². The molecule has 0 spiro atoms. The second-order valence-electron chi connectivity index (χ2n) is 5.15. The summed E-state index contributed by atoms with van der Waals surface area (Å²) in [5.74, 6) is 0.588. The smallest absolute Gasteiger partial charge is 0.0195 e. The fourth-order valence-corrected chi connectivity index (χ4v) is 2.22. The summed E-state index contributed by atoms with van der Waals surface area (Å²) < 4.78 is 0. The highest BCUT2D eigenvalue weighted by Crippen LogP contribution is 2.10. The van der Waals surface area contributed by atoms with Crippen LogP contribution in [0.4, 0.5) is 0 Å². The fourth-order valence-electron chi connectivity index (χ4n) is 2.22. The summed E-state index contributed by atoms with van der Waals surface area (Å²) in [4.78, 5) is 5.05. The molecule has 2 unspecified atom stereocenters. The minimum absolute atomic E-state index is 0.324. The highest BCUT2D eigenvalue weighted by atomic mass is 15.3. The molecule has 1 rings (SSSR count). The van der Waals surface area contributed by atoms with Crippen molar-refractivity contribution < 1.29 is 0 Å². The van der Waals surface area contributed by atoms with Crippen LogP contribution in [-0.4, -0.2) is 54.6 Å². The molecule has 1 saturated heterocycles. The zero-order valence-corrected chi connectivity index (χ0v) is 10.7. The number of hydrogen-bond acceptors (Lipinski definition) is 3. The summed E-state index contributed by atoms with van der Waals surface area (Å²) in [7, 11) is 0. The third-order valence-corrected chi connectivity index (χ3v) is 3.58. The normalized spacial score (nSPS) is 27.2. The Morgan fingerprint density at radius 1 is 1.33 bits per heavy atom. The van der Waals surface area contributed by atoms with Gasteiger partial charge in [0, 0.05) is 38.3 Å². The van der Waals surface area contributed by atoms with Gasteiger partial charge in [0.15, 0.2) is 0 Å². The topological polar surface area (TPSA) is 32.5 Å². The van der Waals surface area contributed by atoms with Gasteiger partial charge < -0.3 is 5.73 Å². The average Bonchev–Trinajstić information content (AvgIpc) is 2.18. The van der Waals surface area contributed by atoms with Crippen LogP contribution < -0.4 is 5.73 Å². The maximum Gasteiger partial charge on any atom is 0.0195 e. The van der Waals surface area contributed by atoms with Crippen molar-refractivity contribution in [2.45, 2.75) is 39.8 Å². The van der Waals surface area contributed by atoms with E-state index in [1.807, 2.05) is 0 Å². The van der Waals surface area contributed by atoms with Crippen LogP contribution in [0.25, 0.3) is 0 Å². The highest BCUT2D eigenvalue weighted by molar-refractivity contribution is 4.81. The van der Waals surface area contributed by atoms with E-state index in [1.165, 1.54) is 26.2 Å². The molecule has 15 heavy (non-hydrogen) atoms. The van der Waals surface area contributed by atoms with Crippen molar-refractivity contribution in [3.8, 4) is 0 Å². The van der Waals surface area contributed by atoms with E-state index in [0.29, 0.717) is 18.0 Å². The molecule has 1 aliphatic rings. The van der Waals surface area contributed by atoms with Crippen LogP contribution in [0.1, 0.15) is 27.7 Å². The third kappa shape index (κ3) is 3.74. The Hall–Kier alpha value is -0.120. The first-order valence-corrected chi connectivity index (χ1v) is 6.26. The predicted molar refractivity (Wildman–Crippen MR) is 66.0 cm³/mol. The lowest BCUT2D eigenvalue weighted by atomic mass is 10.0. The summed E-state index contributed by atoms with van der Waals surface area (Å²) >= 11 is 0. The molecule has 1 fully saturated rings. The molecule has 0 saturated carbocycles. The van der Waals surface area contributed by atoms with Crippen LogP contribution in [0.3, 0.4) is 0 Å². The van der Waals surface area contributed by atoms with Crippen LogP contribution in [0.15, 0.2) is 0 Å². The maximum absolute atomic E-state index is 6.10.